The maximum absolute atomic E-state index is 13.4. The van der Waals surface area contributed by atoms with Gasteiger partial charge in [-0.25, -0.2) is 4.39 Å². The third-order valence-electron chi connectivity index (χ3n) is 2.31. The summed E-state index contributed by atoms with van der Waals surface area (Å²) in [6, 6.07) is 3.81. The van der Waals surface area contributed by atoms with Gasteiger partial charge in [0.05, 0.1) is 11.2 Å². The Morgan fingerprint density at radius 1 is 1.32 bits per heavy atom. The molecular formula is C12H10F3NO2S. The van der Waals surface area contributed by atoms with E-state index in [-0.39, 0.29) is 5.69 Å². The first-order chi connectivity index (χ1) is 8.97. The van der Waals surface area contributed by atoms with Crippen LogP contribution >= 0.6 is 11.8 Å². The Kier molecular flexibility index (Phi) is 3.94. The van der Waals surface area contributed by atoms with Crippen LogP contribution < -0.4 is 10.5 Å². The lowest BCUT2D eigenvalue weighted by Crippen LogP contribution is -2.04. The number of halogens is 3. The summed E-state index contributed by atoms with van der Waals surface area (Å²) in [4.78, 5) is 1.18. The van der Waals surface area contributed by atoms with Crippen molar-refractivity contribution in [1.82, 2.24) is 0 Å². The molecule has 1 aromatic carbocycles. The van der Waals surface area contributed by atoms with Crippen molar-refractivity contribution in [2.75, 3.05) is 5.73 Å². The van der Waals surface area contributed by atoms with Crippen molar-refractivity contribution >= 4 is 17.4 Å². The van der Waals surface area contributed by atoms with Gasteiger partial charge in [0.15, 0.2) is 11.6 Å². The van der Waals surface area contributed by atoms with Gasteiger partial charge in [0.2, 0.25) is 0 Å². The molecule has 102 valence electrons. The molecule has 0 spiro atoms. The Labute approximate surface area is 111 Å². The molecule has 2 N–H and O–H groups in total. The van der Waals surface area contributed by atoms with E-state index < -0.39 is 18.2 Å². The van der Waals surface area contributed by atoms with E-state index in [2.05, 4.69) is 4.74 Å². The number of hydrogen-bond donors (Lipinski definition) is 1. The number of aryl methyl sites for hydroxylation is 1. The molecule has 0 saturated heterocycles. The molecule has 0 unspecified atom stereocenters. The van der Waals surface area contributed by atoms with Crippen molar-refractivity contribution in [2.24, 2.45) is 0 Å². The quantitative estimate of drug-likeness (QED) is 0.862. The summed E-state index contributed by atoms with van der Waals surface area (Å²) >= 11 is 1.19. The highest BCUT2D eigenvalue weighted by molar-refractivity contribution is 7.99. The summed E-state index contributed by atoms with van der Waals surface area (Å²) in [7, 11) is 0. The molecule has 2 rings (SSSR count). The van der Waals surface area contributed by atoms with Crippen LogP contribution in [-0.4, -0.2) is 6.61 Å². The molecule has 0 atom stereocenters. The van der Waals surface area contributed by atoms with Gasteiger partial charge in [0.25, 0.3) is 0 Å². The number of rotatable bonds is 4. The van der Waals surface area contributed by atoms with Gasteiger partial charge >= 0.3 is 6.61 Å². The molecule has 0 fully saturated rings. The van der Waals surface area contributed by atoms with E-state index in [1.54, 1.807) is 13.0 Å². The smallest absolute Gasteiger partial charge is 0.387 e. The van der Waals surface area contributed by atoms with E-state index >= 15 is 0 Å². The molecule has 0 aliphatic rings. The maximum Gasteiger partial charge on any atom is 0.387 e. The third kappa shape index (κ3) is 3.17. The van der Waals surface area contributed by atoms with Crippen molar-refractivity contribution in [1.29, 1.82) is 0 Å². The summed E-state index contributed by atoms with van der Waals surface area (Å²) < 4.78 is 46.8. The zero-order valence-electron chi connectivity index (χ0n) is 9.82. The van der Waals surface area contributed by atoms with E-state index in [9.17, 15) is 13.2 Å². The molecule has 0 amide bonds. The van der Waals surface area contributed by atoms with E-state index in [4.69, 9.17) is 10.2 Å². The molecular weight excluding hydrogens is 279 g/mol. The first kappa shape index (κ1) is 13.7. The monoisotopic (exact) mass is 289 g/mol. The molecule has 1 heterocycles. The molecule has 3 nitrogen and oxygen atoms in total. The summed E-state index contributed by atoms with van der Waals surface area (Å²) in [5, 5.41) is 0. The van der Waals surface area contributed by atoms with Crippen molar-refractivity contribution in [2.45, 2.75) is 23.3 Å². The first-order valence-electron chi connectivity index (χ1n) is 5.23. The van der Waals surface area contributed by atoms with E-state index in [0.29, 0.717) is 10.7 Å². The maximum atomic E-state index is 13.4. The number of nitrogens with two attached hydrogens (primary N) is 1. The largest absolute Gasteiger partial charge is 0.468 e. The van der Waals surface area contributed by atoms with Crippen LogP contribution in [0.3, 0.4) is 0 Å². The second-order valence-electron chi connectivity index (χ2n) is 3.64. The van der Waals surface area contributed by atoms with Gasteiger partial charge in [0.1, 0.15) is 5.76 Å². The van der Waals surface area contributed by atoms with Crippen molar-refractivity contribution in [3.8, 4) is 5.75 Å². The Morgan fingerprint density at radius 3 is 2.63 bits per heavy atom. The fourth-order valence-corrected chi connectivity index (χ4v) is 2.32. The van der Waals surface area contributed by atoms with Gasteiger partial charge in [-0.3, -0.25) is 0 Å². The lowest BCUT2D eigenvalue weighted by atomic mass is 10.3. The molecule has 1 aromatic heterocycles. The molecule has 0 aliphatic carbocycles. The predicted octanol–water partition coefficient (Wildman–Crippen LogP) is 4.06. The summed E-state index contributed by atoms with van der Waals surface area (Å²) in [5.74, 6) is -0.802. The van der Waals surface area contributed by atoms with Crippen LogP contribution in [0.2, 0.25) is 0 Å². The van der Waals surface area contributed by atoms with E-state index in [0.717, 1.165) is 17.0 Å². The van der Waals surface area contributed by atoms with Crippen LogP contribution in [0.4, 0.5) is 18.9 Å². The summed E-state index contributed by atoms with van der Waals surface area (Å²) in [5.41, 5.74) is 5.80. The molecule has 0 saturated carbocycles. The number of benzene rings is 1. The Bertz CT molecular complexity index is 586. The minimum atomic E-state index is -3.09. The van der Waals surface area contributed by atoms with Gasteiger partial charge in [-0.05, 0) is 19.1 Å². The third-order valence-corrected chi connectivity index (χ3v) is 3.53. The lowest BCUT2D eigenvalue weighted by molar-refractivity contribution is -0.0523. The molecule has 19 heavy (non-hydrogen) atoms. The van der Waals surface area contributed by atoms with Gasteiger partial charge in [0, 0.05) is 16.6 Å². The topological polar surface area (TPSA) is 48.4 Å². The zero-order chi connectivity index (χ0) is 14.0. The van der Waals surface area contributed by atoms with Crippen molar-refractivity contribution < 1.29 is 22.3 Å². The van der Waals surface area contributed by atoms with Crippen LogP contribution in [0.1, 0.15) is 5.76 Å². The Balaban J connectivity index is 2.32. The minimum Gasteiger partial charge on any atom is -0.468 e. The minimum absolute atomic E-state index is 0.143. The molecule has 2 aromatic rings. The van der Waals surface area contributed by atoms with Crippen LogP contribution in [0.25, 0.3) is 0 Å². The average molecular weight is 289 g/mol. The highest BCUT2D eigenvalue weighted by atomic mass is 32.2. The Morgan fingerprint density at radius 2 is 2.05 bits per heavy atom. The fourth-order valence-electron chi connectivity index (χ4n) is 1.42. The standard InChI is InChI=1S/C12H10F3NO2S/c1-6-10(2-3-17-6)19-11-5-9(18-12(14)15)7(13)4-8(11)16/h2-5,12H,16H2,1H3. The van der Waals surface area contributed by atoms with Gasteiger partial charge < -0.3 is 14.9 Å². The summed E-state index contributed by atoms with van der Waals surface area (Å²) in [6.45, 7) is -1.34. The molecule has 0 radical (unpaired) electrons. The van der Waals surface area contributed by atoms with Gasteiger partial charge in [-0.1, -0.05) is 11.8 Å². The van der Waals surface area contributed by atoms with Crippen molar-refractivity contribution in [3.05, 3.63) is 36.0 Å². The molecule has 0 aliphatic heterocycles. The lowest BCUT2D eigenvalue weighted by Gasteiger charge is -2.10. The van der Waals surface area contributed by atoms with Gasteiger partial charge in [-0.15, -0.1) is 0 Å². The van der Waals surface area contributed by atoms with Gasteiger partial charge in [-0.2, -0.15) is 8.78 Å². The number of alkyl halides is 2. The van der Waals surface area contributed by atoms with E-state index in [1.165, 1.54) is 18.0 Å². The second kappa shape index (κ2) is 5.48. The highest BCUT2D eigenvalue weighted by Crippen LogP contribution is 2.38. The molecule has 7 heteroatoms. The van der Waals surface area contributed by atoms with E-state index in [1.807, 2.05) is 0 Å². The number of nitrogen functional groups attached to an aromatic ring is 1. The van der Waals surface area contributed by atoms with Crippen molar-refractivity contribution in [3.63, 3.8) is 0 Å². The van der Waals surface area contributed by atoms with Crippen LogP contribution in [0, 0.1) is 12.7 Å². The second-order valence-corrected chi connectivity index (χ2v) is 4.73. The van der Waals surface area contributed by atoms with Crippen LogP contribution in [-0.2, 0) is 0 Å². The molecule has 0 bridgehead atoms. The average Bonchev–Trinajstić information content (AvgIpc) is 2.70. The number of hydrogen-bond acceptors (Lipinski definition) is 4. The van der Waals surface area contributed by atoms with Crippen LogP contribution in [0.15, 0.2) is 38.7 Å². The number of anilines is 1. The number of furan rings is 1. The highest BCUT2D eigenvalue weighted by Gasteiger charge is 2.15. The fraction of sp³-hybridized carbons (Fsp3) is 0.167. The zero-order valence-corrected chi connectivity index (χ0v) is 10.6. The SMILES string of the molecule is Cc1occc1Sc1cc(OC(F)F)c(F)cc1N. The Hall–Kier alpha value is -1.76. The normalized spacial score (nSPS) is 11.0. The van der Waals surface area contributed by atoms with Crippen LogP contribution in [0.5, 0.6) is 5.75 Å². The predicted molar refractivity (Wildman–Crippen MR) is 65.0 cm³/mol. The first-order valence-corrected chi connectivity index (χ1v) is 6.05. The number of ether oxygens (including phenoxy) is 1. The summed E-state index contributed by atoms with van der Waals surface area (Å²) in [6.07, 6.45) is 1.49.